The van der Waals surface area contributed by atoms with Gasteiger partial charge in [-0.25, -0.2) is 4.79 Å². The van der Waals surface area contributed by atoms with Gasteiger partial charge in [-0.1, -0.05) is 31.8 Å². The molecule has 1 aromatic rings. The van der Waals surface area contributed by atoms with Gasteiger partial charge >= 0.3 is 5.97 Å². The number of aromatic nitrogens is 1. The van der Waals surface area contributed by atoms with Gasteiger partial charge < -0.3 is 14.6 Å². The number of rotatable bonds is 4. The molecule has 1 saturated carbocycles. The largest absolute Gasteiger partial charge is 0.452 e. The van der Waals surface area contributed by atoms with Crippen LogP contribution in [0.5, 0.6) is 0 Å². The summed E-state index contributed by atoms with van der Waals surface area (Å²) in [6.45, 7) is 7.39. The molecule has 0 saturated heterocycles. The van der Waals surface area contributed by atoms with Crippen molar-refractivity contribution in [2.45, 2.75) is 53.0 Å². The molecule has 0 unspecified atom stereocenters. The first kappa shape index (κ1) is 16.5. The maximum atomic E-state index is 12.0. The van der Waals surface area contributed by atoms with Crippen molar-refractivity contribution in [2.75, 3.05) is 6.61 Å². The second-order valence-electron chi connectivity index (χ2n) is 6.22. The predicted octanol–water partition coefficient (Wildman–Crippen LogP) is 2.39. The minimum absolute atomic E-state index is 0.161. The number of hydrogen-bond donors (Lipinski definition) is 1. The second kappa shape index (κ2) is 6.94. The molecule has 22 heavy (non-hydrogen) atoms. The van der Waals surface area contributed by atoms with Gasteiger partial charge in [0.1, 0.15) is 11.3 Å². The smallest absolute Gasteiger partial charge is 0.344 e. The van der Waals surface area contributed by atoms with E-state index in [2.05, 4.69) is 24.3 Å². The lowest BCUT2D eigenvalue weighted by Crippen LogP contribution is -2.45. The molecule has 0 aromatic carbocycles. The Labute approximate surface area is 130 Å². The number of ether oxygens (including phenoxy) is 1. The Morgan fingerprint density at radius 3 is 2.68 bits per heavy atom. The standard InChI is InChI=1S/C16H24N2O4/c1-9-6-5-7-13(10(9)2)17-14(19)8-21-16(20)15-11(3)18-22-12(15)4/h9-10,13H,5-8H2,1-4H3,(H,17,19)/t9-,10+,13+/m1/s1. The Morgan fingerprint density at radius 2 is 2.05 bits per heavy atom. The van der Waals surface area contributed by atoms with E-state index in [1.54, 1.807) is 13.8 Å². The van der Waals surface area contributed by atoms with Crippen molar-refractivity contribution in [3.05, 3.63) is 17.0 Å². The van der Waals surface area contributed by atoms with Gasteiger partial charge in [-0.2, -0.15) is 0 Å². The van der Waals surface area contributed by atoms with Crippen LogP contribution < -0.4 is 5.32 Å². The molecule has 1 aromatic heterocycles. The average Bonchev–Trinajstić information content (AvgIpc) is 2.81. The summed E-state index contributed by atoms with van der Waals surface area (Å²) in [6.07, 6.45) is 3.30. The van der Waals surface area contributed by atoms with Crippen LogP contribution in [0, 0.1) is 25.7 Å². The molecule has 0 radical (unpaired) electrons. The van der Waals surface area contributed by atoms with Crippen LogP contribution in [0.2, 0.25) is 0 Å². The lowest BCUT2D eigenvalue weighted by atomic mass is 9.78. The summed E-state index contributed by atoms with van der Waals surface area (Å²) in [6, 6.07) is 0.161. The van der Waals surface area contributed by atoms with Crippen molar-refractivity contribution in [1.29, 1.82) is 0 Å². The summed E-state index contributed by atoms with van der Waals surface area (Å²) >= 11 is 0. The molecule has 1 amide bonds. The van der Waals surface area contributed by atoms with E-state index in [9.17, 15) is 9.59 Å². The van der Waals surface area contributed by atoms with Crippen LogP contribution in [0.15, 0.2) is 4.52 Å². The van der Waals surface area contributed by atoms with Gasteiger partial charge in [-0.15, -0.1) is 0 Å². The summed E-state index contributed by atoms with van der Waals surface area (Å²) < 4.78 is 9.98. The van der Waals surface area contributed by atoms with Crippen molar-refractivity contribution in [2.24, 2.45) is 11.8 Å². The normalized spacial score (nSPS) is 24.8. The number of aryl methyl sites for hydroxylation is 2. The molecule has 6 nitrogen and oxygen atoms in total. The highest BCUT2D eigenvalue weighted by atomic mass is 16.5. The van der Waals surface area contributed by atoms with Crippen molar-refractivity contribution < 1.29 is 18.8 Å². The van der Waals surface area contributed by atoms with Crippen LogP contribution in [-0.2, 0) is 9.53 Å². The zero-order valence-electron chi connectivity index (χ0n) is 13.6. The number of esters is 1. The summed E-state index contributed by atoms with van der Waals surface area (Å²) in [7, 11) is 0. The minimum Gasteiger partial charge on any atom is -0.452 e. The summed E-state index contributed by atoms with van der Waals surface area (Å²) in [5, 5.41) is 6.67. The molecule has 0 spiro atoms. The summed E-state index contributed by atoms with van der Waals surface area (Å²) in [5.41, 5.74) is 0.769. The summed E-state index contributed by atoms with van der Waals surface area (Å²) in [5.74, 6) is 0.611. The number of nitrogens with zero attached hydrogens (tertiary/aromatic N) is 1. The number of hydrogen-bond acceptors (Lipinski definition) is 5. The van der Waals surface area contributed by atoms with Crippen LogP contribution in [0.4, 0.5) is 0 Å². The second-order valence-corrected chi connectivity index (χ2v) is 6.22. The van der Waals surface area contributed by atoms with E-state index in [1.165, 1.54) is 6.42 Å². The molecular formula is C16H24N2O4. The number of amides is 1. The fourth-order valence-corrected chi connectivity index (χ4v) is 3.01. The molecule has 6 heteroatoms. The predicted molar refractivity (Wildman–Crippen MR) is 80.4 cm³/mol. The first-order valence-electron chi connectivity index (χ1n) is 7.79. The maximum Gasteiger partial charge on any atom is 0.344 e. The lowest BCUT2D eigenvalue weighted by Gasteiger charge is -2.34. The molecule has 122 valence electrons. The highest BCUT2D eigenvalue weighted by Gasteiger charge is 2.28. The van der Waals surface area contributed by atoms with E-state index in [0.29, 0.717) is 28.9 Å². The Morgan fingerprint density at radius 1 is 1.32 bits per heavy atom. The number of carbonyl (C=O) groups is 2. The van der Waals surface area contributed by atoms with Gasteiger partial charge in [0.15, 0.2) is 6.61 Å². The molecule has 0 bridgehead atoms. The third kappa shape index (κ3) is 3.67. The zero-order valence-corrected chi connectivity index (χ0v) is 13.6. The van der Waals surface area contributed by atoms with Crippen molar-refractivity contribution in [3.8, 4) is 0 Å². The van der Waals surface area contributed by atoms with E-state index in [-0.39, 0.29) is 18.6 Å². The topological polar surface area (TPSA) is 81.4 Å². The molecule has 3 atom stereocenters. The van der Waals surface area contributed by atoms with Crippen LogP contribution in [0.3, 0.4) is 0 Å². The van der Waals surface area contributed by atoms with Crippen LogP contribution in [0.25, 0.3) is 0 Å². The van der Waals surface area contributed by atoms with E-state index in [4.69, 9.17) is 9.26 Å². The quantitative estimate of drug-likeness (QED) is 0.864. The molecule has 0 aliphatic heterocycles. The molecule has 1 aliphatic carbocycles. The molecule has 1 fully saturated rings. The van der Waals surface area contributed by atoms with Gasteiger partial charge in [-0.3, -0.25) is 4.79 Å². The molecular weight excluding hydrogens is 284 g/mol. The maximum absolute atomic E-state index is 12.0. The number of nitrogens with one attached hydrogen (secondary N) is 1. The molecule has 2 rings (SSSR count). The highest BCUT2D eigenvalue weighted by Crippen LogP contribution is 2.29. The monoisotopic (exact) mass is 308 g/mol. The SMILES string of the molecule is Cc1noc(C)c1C(=O)OCC(=O)N[C@H]1CCC[C@@H](C)[C@@H]1C. The van der Waals surface area contributed by atoms with E-state index in [1.807, 2.05) is 0 Å². The highest BCUT2D eigenvalue weighted by molar-refractivity contribution is 5.93. The van der Waals surface area contributed by atoms with E-state index < -0.39 is 5.97 Å². The Hall–Kier alpha value is -1.85. The zero-order chi connectivity index (χ0) is 16.3. The van der Waals surface area contributed by atoms with E-state index in [0.717, 1.165) is 12.8 Å². The van der Waals surface area contributed by atoms with Gasteiger partial charge in [-0.05, 0) is 32.1 Å². The van der Waals surface area contributed by atoms with Gasteiger partial charge in [0.05, 0.1) is 5.69 Å². The van der Waals surface area contributed by atoms with Crippen LogP contribution >= 0.6 is 0 Å². The first-order chi connectivity index (χ1) is 10.4. The average molecular weight is 308 g/mol. The lowest BCUT2D eigenvalue weighted by molar-refractivity contribution is -0.125. The van der Waals surface area contributed by atoms with Crippen molar-refractivity contribution in [3.63, 3.8) is 0 Å². The number of carbonyl (C=O) groups excluding carboxylic acids is 2. The third-order valence-electron chi connectivity index (χ3n) is 4.63. The van der Waals surface area contributed by atoms with E-state index >= 15 is 0 Å². The fraction of sp³-hybridized carbons (Fsp3) is 0.688. The Balaban J connectivity index is 1.84. The Kier molecular flexibility index (Phi) is 5.21. The third-order valence-corrected chi connectivity index (χ3v) is 4.63. The minimum atomic E-state index is -0.573. The fourth-order valence-electron chi connectivity index (χ4n) is 3.01. The van der Waals surface area contributed by atoms with Gasteiger partial charge in [0.2, 0.25) is 0 Å². The van der Waals surface area contributed by atoms with Crippen LogP contribution in [0.1, 0.15) is 54.9 Å². The van der Waals surface area contributed by atoms with Crippen LogP contribution in [-0.4, -0.2) is 29.7 Å². The Bertz CT molecular complexity index is 533. The molecule has 1 aliphatic rings. The first-order valence-corrected chi connectivity index (χ1v) is 7.79. The molecule has 1 heterocycles. The van der Waals surface area contributed by atoms with Crippen molar-refractivity contribution >= 4 is 11.9 Å². The summed E-state index contributed by atoms with van der Waals surface area (Å²) in [4.78, 5) is 23.9. The van der Waals surface area contributed by atoms with Gasteiger partial charge in [0.25, 0.3) is 5.91 Å². The van der Waals surface area contributed by atoms with Gasteiger partial charge in [0, 0.05) is 6.04 Å². The van der Waals surface area contributed by atoms with Crippen molar-refractivity contribution in [1.82, 2.24) is 10.5 Å². The molecule has 1 N–H and O–H groups in total.